The van der Waals surface area contributed by atoms with Crippen LogP contribution >= 0.6 is 11.6 Å². The normalized spacial score (nSPS) is 11.9. The van der Waals surface area contributed by atoms with Crippen molar-refractivity contribution in [1.29, 1.82) is 0 Å². The quantitative estimate of drug-likeness (QED) is 0.899. The second-order valence-electron chi connectivity index (χ2n) is 3.99. The molecule has 1 aromatic carbocycles. The Hall–Kier alpha value is -2.08. The first-order valence-electron chi connectivity index (χ1n) is 5.65. The fourth-order valence-electron chi connectivity index (χ4n) is 1.47. The lowest BCUT2D eigenvalue weighted by molar-refractivity contribution is -0.122. The maximum Gasteiger partial charge on any atom is 0.267 e. The molecular formula is C12H13ClN4O2. The average Bonchev–Trinajstić information content (AvgIpc) is 2.85. The number of carbonyl (C=O) groups excluding carboxylic acids is 1. The Morgan fingerprint density at radius 2 is 2.32 bits per heavy atom. The van der Waals surface area contributed by atoms with E-state index < -0.39 is 6.10 Å². The molecule has 7 heteroatoms. The van der Waals surface area contributed by atoms with Crippen LogP contribution in [0.4, 0.5) is 5.95 Å². The first-order valence-corrected chi connectivity index (χ1v) is 6.03. The molecule has 2 rings (SSSR count). The Labute approximate surface area is 115 Å². The molecule has 0 radical (unpaired) electrons. The molecule has 0 unspecified atom stereocenters. The van der Waals surface area contributed by atoms with Crippen molar-refractivity contribution in [2.45, 2.75) is 20.0 Å². The van der Waals surface area contributed by atoms with Gasteiger partial charge in [0, 0.05) is 5.02 Å². The SMILES string of the molecule is Cc1cc(Cl)ccc1O[C@@H](C)C(=O)Nc1ncn[nH]1. The first kappa shape index (κ1) is 13.4. The fourth-order valence-corrected chi connectivity index (χ4v) is 1.70. The maximum absolute atomic E-state index is 11.8. The van der Waals surface area contributed by atoms with Crippen LogP contribution in [0.1, 0.15) is 12.5 Å². The molecule has 1 amide bonds. The molecule has 6 nitrogen and oxygen atoms in total. The number of ether oxygens (including phenoxy) is 1. The second kappa shape index (κ2) is 5.71. The number of aromatic amines is 1. The molecule has 1 atom stereocenters. The Kier molecular flexibility index (Phi) is 4.01. The highest BCUT2D eigenvalue weighted by atomic mass is 35.5. The number of benzene rings is 1. The van der Waals surface area contributed by atoms with Crippen molar-refractivity contribution in [3.8, 4) is 5.75 Å². The number of rotatable bonds is 4. The molecule has 0 bridgehead atoms. The summed E-state index contributed by atoms with van der Waals surface area (Å²) in [6.45, 7) is 3.52. The van der Waals surface area contributed by atoms with Gasteiger partial charge in [-0.15, -0.1) is 0 Å². The molecular weight excluding hydrogens is 268 g/mol. The predicted molar refractivity (Wildman–Crippen MR) is 71.3 cm³/mol. The molecule has 0 saturated carbocycles. The van der Waals surface area contributed by atoms with Gasteiger partial charge >= 0.3 is 0 Å². The zero-order valence-corrected chi connectivity index (χ0v) is 11.2. The van der Waals surface area contributed by atoms with Crippen molar-refractivity contribution >= 4 is 23.5 Å². The van der Waals surface area contributed by atoms with Crippen LogP contribution in [0.15, 0.2) is 24.5 Å². The highest BCUT2D eigenvalue weighted by molar-refractivity contribution is 6.30. The van der Waals surface area contributed by atoms with Gasteiger partial charge in [-0.2, -0.15) is 10.1 Å². The van der Waals surface area contributed by atoms with Crippen molar-refractivity contribution in [2.75, 3.05) is 5.32 Å². The summed E-state index contributed by atoms with van der Waals surface area (Å²) in [7, 11) is 0. The molecule has 0 saturated heterocycles. The van der Waals surface area contributed by atoms with Crippen LogP contribution in [0, 0.1) is 6.92 Å². The van der Waals surface area contributed by atoms with Gasteiger partial charge in [-0.1, -0.05) is 11.6 Å². The summed E-state index contributed by atoms with van der Waals surface area (Å²) in [5.74, 6) is 0.587. The molecule has 2 N–H and O–H groups in total. The van der Waals surface area contributed by atoms with Gasteiger partial charge in [0.1, 0.15) is 12.1 Å². The van der Waals surface area contributed by atoms with Gasteiger partial charge in [0.25, 0.3) is 5.91 Å². The van der Waals surface area contributed by atoms with Crippen molar-refractivity contribution in [3.63, 3.8) is 0 Å². The van der Waals surface area contributed by atoms with Crippen LogP contribution in [0.3, 0.4) is 0 Å². The van der Waals surface area contributed by atoms with E-state index in [4.69, 9.17) is 16.3 Å². The van der Waals surface area contributed by atoms with Crippen LogP contribution in [0.2, 0.25) is 5.02 Å². The molecule has 100 valence electrons. The minimum atomic E-state index is -0.662. The smallest absolute Gasteiger partial charge is 0.267 e. The van der Waals surface area contributed by atoms with Gasteiger partial charge in [-0.3, -0.25) is 10.1 Å². The van der Waals surface area contributed by atoms with E-state index in [9.17, 15) is 4.79 Å². The molecule has 0 spiro atoms. The van der Waals surface area contributed by atoms with Crippen molar-refractivity contribution in [2.24, 2.45) is 0 Å². The highest BCUT2D eigenvalue weighted by Gasteiger charge is 2.16. The monoisotopic (exact) mass is 280 g/mol. The number of hydrogen-bond donors (Lipinski definition) is 2. The Morgan fingerprint density at radius 1 is 1.53 bits per heavy atom. The Bertz CT molecular complexity index is 571. The van der Waals surface area contributed by atoms with Gasteiger partial charge < -0.3 is 4.74 Å². The third-order valence-electron chi connectivity index (χ3n) is 2.47. The number of nitrogens with zero attached hydrogens (tertiary/aromatic N) is 2. The van der Waals surface area contributed by atoms with Crippen LogP contribution in [0.5, 0.6) is 5.75 Å². The number of hydrogen-bond acceptors (Lipinski definition) is 4. The standard InChI is InChI=1S/C12H13ClN4O2/c1-7-5-9(13)3-4-10(7)19-8(2)11(18)16-12-14-6-15-17-12/h3-6,8H,1-2H3,(H2,14,15,16,17,18)/t8-/m0/s1. The van der Waals surface area contributed by atoms with Gasteiger partial charge in [0.05, 0.1) is 0 Å². The lowest BCUT2D eigenvalue weighted by atomic mass is 10.2. The number of anilines is 1. The summed E-state index contributed by atoms with van der Waals surface area (Å²) in [5, 5.41) is 9.36. The summed E-state index contributed by atoms with van der Waals surface area (Å²) in [4.78, 5) is 15.6. The first-order chi connectivity index (χ1) is 9.06. The van der Waals surface area contributed by atoms with E-state index in [0.717, 1.165) is 5.56 Å². The lowest BCUT2D eigenvalue weighted by Gasteiger charge is -2.15. The minimum absolute atomic E-state index is 0.285. The minimum Gasteiger partial charge on any atom is -0.481 e. The van der Waals surface area contributed by atoms with Crippen LogP contribution in [0.25, 0.3) is 0 Å². The van der Waals surface area contributed by atoms with Gasteiger partial charge in [-0.25, -0.2) is 5.10 Å². The van der Waals surface area contributed by atoms with Gasteiger partial charge in [-0.05, 0) is 37.6 Å². The predicted octanol–water partition coefficient (Wildman–Crippen LogP) is 2.17. The van der Waals surface area contributed by atoms with Crippen molar-refractivity contribution in [1.82, 2.24) is 15.2 Å². The van der Waals surface area contributed by atoms with E-state index in [1.165, 1.54) is 6.33 Å². The van der Waals surface area contributed by atoms with Gasteiger partial charge in [0.15, 0.2) is 6.10 Å². The molecule has 0 aliphatic heterocycles. The number of amides is 1. The summed E-state index contributed by atoms with van der Waals surface area (Å²) in [5.41, 5.74) is 0.867. The average molecular weight is 281 g/mol. The number of carbonyl (C=O) groups is 1. The van der Waals surface area contributed by atoms with E-state index >= 15 is 0 Å². The third kappa shape index (κ3) is 3.45. The number of nitrogens with one attached hydrogen (secondary N) is 2. The van der Waals surface area contributed by atoms with Crippen LogP contribution < -0.4 is 10.1 Å². The summed E-state index contributed by atoms with van der Waals surface area (Å²) < 4.78 is 5.58. The zero-order valence-electron chi connectivity index (χ0n) is 10.5. The van der Waals surface area contributed by atoms with Crippen molar-refractivity contribution < 1.29 is 9.53 Å². The Balaban J connectivity index is 2.00. The number of halogens is 1. The van der Waals surface area contributed by atoms with E-state index in [-0.39, 0.29) is 11.9 Å². The fraction of sp³-hybridized carbons (Fsp3) is 0.250. The molecule has 0 aliphatic rings. The number of H-pyrrole nitrogens is 1. The topological polar surface area (TPSA) is 79.9 Å². The van der Waals surface area contributed by atoms with Crippen molar-refractivity contribution in [3.05, 3.63) is 35.1 Å². The van der Waals surface area contributed by atoms with E-state index in [2.05, 4.69) is 20.5 Å². The second-order valence-corrected chi connectivity index (χ2v) is 4.43. The molecule has 2 aromatic rings. The third-order valence-corrected chi connectivity index (χ3v) is 2.70. The summed E-state index contributed by atoms with van der Waals surface area (Å²) in [6, 6.07) is 5.22. The molecule has 1 aromatic heterocycles. The summed E-state index contributed by atoms with van der Waals surface area (Å²) in [6.07, 6.45) is 0.648. The maximum atomic E-state index is 11.8. The molecule has 0 aliphatic carbocycles. The zero-order chi connectivity index (χ0) is 13.8. The molecule has 0 fully saturated rings. The van der Waals surface area contributed by atoms with Gasteiger partial charge in [0.2, 0.25) is 5.95 Å². The van der Waals surface area contributed by atoms with Crippen LogP contribution in [-0.2, 0) is 4.79 Å². The number of aromatic nitrogens is 3. The molecule has 1 heterocycles. The van der Waals surface area contributed by atoms with E-state index in [1.54, 1.807) is 25.1 Å². The number of aryl methyl sites for hydroxylation is 1. The lowest BCUT2D eigenvalue weighted by Crippen LogP contribution is -2.30. The van der Waals surface area contributed by atoms with E-state index in [1.807, 2.05) is 6.92 Å². The van der Waals surface area contributed by atoms with E-state index in [0.29, 0.717) is 10.8 Å². The summed E-state index contributed by atoms with van der Waals surface area (Å²) >= 11 is 5.86. The largest absolute Gasteiger partial charge is 0.481 e. The van der Waals surface area contributed by atoms with Crippen LogP contribution in [-0.4, -0.2) is 27.2 Å². The Morgan fingerprint density at radius 3 is 2.95 bits per heavy atom. The molecule has 19 heavy (non-hydrogen) atoms. The highest BCUT2D eigenvalue weighted by Crippen LogP contribution is 2.22.